The van der Waals surface area contributed by atoms with Crippen molar-refractivity contribution >= 4 is 21.7 Å². The van der Waals surface area contributed by atoms with Gasteiger partial charge < -0.3 is 10.2 Å². The Bertz CT molecular complexity index is 699. The molecule has 0 spiro atoms. The zero-order valence-corrected chi connectivity index (χ0v) is 14.2. The molecule has 0 saturated heterocycles. The normalized spacial score (nSPS) is 18.0. The zero-order chi connectivity index (χ0) is 16.4. The minimum atomic E-state index is -3.30. The van der Waals surface area contributed by atoms with Gasteiger partial charge in [0.2, 0.25) is 10.0 Å². The van der Waals surface area contributed by atoms with Gasteiger partial charge in [-0.3, -0.25) is 4.72 Å². The highest BCUT2D eigenvalue weighted by atomic mass is 32.2. The lowest BCUT2D eigenvalue weighted by atomic mass is 9.85. The van der Waals surface area contributed by atoms with Crippen molar-refractivity contribution in [3.63, 3.8) is 0 Å². The molecule has 1 heterocycles. The van der Waals surface area contributed by atoms with Crippen LogP contribution >= 0.6 is 0 Å². The minimum absolute atomic E-state index is 0.0241. The number of carbonyl (C=O) groups is 1. The fraction of sp³-hybridized carbons (Fsp3) is 0.562. The van der Waals surface area contributed by atoms with Crippen molar-refractivity contribution in [1.82, 2.24) is 10.2 Å². The van der Waals surface area contributed by atoms with Crippen molar-refractivity contribution in [2.45, 2.75) is 32.2 Å². The highest BCUT2D eigenvalue weighted by Gasteiger charge is 2.24. The van der Waals surface area contributed by atoms with Crippen molar-refractivity contribution in [3.8, 4) is 0 Å². The third-order valence-electron chi connectivity index (χ3n) is 4.62. The van der Waals surface area contributed by atoms with E-state index in [0.717, 1.165) is 23.9 Å². The molecular weight excluding hydrogens is 314 g/mol. The second-order valence-electron chi connectivity index (χ2n) is 6.47. The van der Waals surface area contributed by atoms with Gasteiger partial charge in [-0.15, -0.1) is 0 Å². The fourth-order valence-corrected chi connectivity index (χ4v) is 3.71. The van der Waals surface area contributed by atoms with Gasteiger partial charge in [0.05, 0.1) is 11.9 Å². The quantitative estimate of drug-likeness (QED) is 0.881. The maximum atomic E-state index is 12.3. The Kier molecular flexibility index (Phi) is 4.48. The van der Waals surface area contributed by atoms with E-state index >= 15 is 0 Å². The van der Waals surface area contributed by atoms with Crippen LogP contribution in [-0.2, 0) is 23.0 Å². The van der Waals surface area contributed by atoms with Gasteiger partial charge in [0.1, 0.15) is 0 Å². The van der Waals surface area contributed by atoms with Crippen LogP contribution in [-0.4, -0.2) is 38.7 Å². The molecule has 126 valence electrons. The molecule has 7 heteroatoms. The number of benzene rings is 1. The molecule has 1 aliphatic carbocycles. The molecule has 1 aromatic rings. The maximum absolute atomic E-state index is 12.3. The number of rotatable bonds is 4. The molecule has 0 atom stereocenters. The van der Waals surface area contributed by atoms with Crippen LogP contribution in [0, 0.1) is 5.92 Å². The van der Waals surface area contributed by atoms with Gasteiger partial charge in [-0.05, 0) is 42.4 Å². The molecule has 3 rings (SSSR count). The maximum Gasteiger partial charge on any atom is 0.317 e. The summed E-state index contributed by atoms with van der Waals surface area (Å²) in [6, 6.07) is 5.52. The monoisotopic (exact) mass is 337 g/mol. The Labute approximate surface area is 137 Å². The minimum Gasteiger partial charge on any atom is -0.338 e. The lowest BCUT2D eigenvalue weighted by molar-refractivity contribution is 0.186. The third kappa shape index (κ3) is 3.96. The van der Waals surface area contributed by atoms with Crippen LogP contribution < -0.4 is 10.0 Å². The van der Waals surface area contributed by atoms with Crippen LogP contribution in [0.5, 0.6) is 0 Å². The summed E-state index contributed by atoms with van der Waals surface area (Å²) in [6.07, 6.45) is 5.50. The number of urea groups is 1. The highest BCUT2D eigenvalue weighted by molar-refractivity contribution is 7.92. The van der Waals surface area contributed by atoms with Gasteiger partial charge in [-0.2, -0.15) is 0 Å². The SMILES string of the molecule is CS(=O)(=O)Nc1cccc2c1CCN(C(=O)NCC1CCC1)C2. The van der Waals surface area contributed by atoms with E-state index in [1.54, 1.807) is 11.0 Å². The van der Waals surface area contributed by atoms with Crippen LogP contribution in [0.1, 0.15) is 30.4 Å². The first-order valence-electron chi connectivity index (χ1n) is 8.04. The van der Waals surface area contributed by atoms with Crippen molar-refractivity contribution < 1.29 is 13.2 Å². The molecule has 2 amide bonds. The average molecular weight is 337 g/mol. The third-order valence-corrected chi connectivity index (χ3v) is 5.21. The highest BCUT2D eigenvalue weighted by Crippen LogP contribution is 2.27. The van der Waals surface area contributed by atoms with E-state index in [0.29, 0.717) is 31.1 Å². The first kappa shape index (κ1) is 16.1. The summed E-state index contributed by atoms with van der Waals surface area (Å²) >= 11 is 0. The van der Waals surface area contributed by atoms with E-state index in [1.807, 2.05) is 12.1 Å². The Balaban J connectivity index is 1.66. The van der Waals surface area contributed by atoms with Gasteiger partial charge >= 0.3 is 6.03 Å². The largest absolute Gasteiger partial charge is 0.338 e. The van der Waals surface area contributed by atoms with Gasteiger partial charge in [0, 0.05) is 19.6 Å². The van der Waals surface area contributed by atoms with E-state index in [2.05, 4.69) is 10.0 Å². The van der Waals surface area contributed by atoms with Crippen molar-refractivity contribution in [2.24, 2.45) is 5.92 Å². The molecule has 0 radical (unpaired) electrons. The number of sulfonamides is 1. The molecule has 6 nitrogen and oxygen atoms in total. The molecule has 1 fully saturated rings. The van der Waals surface area contributed by atoms with Gasteiger partial charge in [0.25, 0.3) is 0 Å². The lowest BCUT2D eigenvalue weighted by Gasteiger charge is -2.32. The van der Waals surface area contributed by atoms with E-state index in [-0.39, 0.29) is 6.03 Å². The Hall–Kier alpha value is -1.76. The smallest absolute Gasteiger partial charge is 0.317 e. The van der Waals surface area contributed by atoms with Gasteiger partial charge in [-0.25, -0.2) is 13.2 Å². The zero-order valence-electron chi connectivity index (χ0n) is 13.3. The van der Waals surface area contributed by atoms with Crippen LogP contribution in [0.2, 0.25) is 0 Å². The summed E-state index contributed by atoms with van der Waals surface area (Å²) < 4.78 is 25.5. The Morgan fingerprint density at radius 1 is 1.35 bits per heavy atom. The van der Waals surface area contributed by atoms with Gasteiger partial charge in [0.15, 0.2) is 0 Å². The number of hydrogen-bond donors (Lipinski definition) is 2. The average Bonchev–Trinajstić information content (AvgIpc) is 2.43. The van der Waals surface area contributed by atoms with Crippen LogP contribution in [0.4, 0.5) is 10.5 Å². The summed E-state index contributed by atoms with van der Waals surface area (Å²) in [7, 11) is -3.30. The van der Waals surface area contributed by atoms with E-state index < -0.39 is 10.0 Å². The molecule has 1 aliphatic heterocycles. The summed E-state index contributed by atoms with van der Waals surface area (Å²) in [4.78, 5) is 14.1. The van der Waals surface area contributed by atoms with Crippen molar-refractivity contribution in [1.29, 1.82) is 0 Å². The Morgan fingerprint density at radius 2 is 2.13 bits per heavy atom. The molecule has 23 heavy (non-hydrogen) atoms. The predicted molar refractivity (Wildman–Crippen MR) is 89.8 cm³/mol. The van der Waals surface area contributed by atoms with Crippen LogP contribution in [0.15, 0.2) is 18.2 Å². The molecule has 1 aromatic carbocycles. The lowest BCUT2D eigenvalue weighted by Crippen LogP contribution is -2.44. The second-order valence-corrected chi connectivity index (χ2v) is 8.22. The number of amides is 2. The van der Waals surface area contributed by atoms with E-state index in [9.17, 15) is 13.2 Å². The molecular formula is C16H23N3O3S. The fourth-order valence-electron chi connectivity index (χ4n) is 3.12. The van der Waals surface area contributed by atoms with E-state index in [4.69, 9.17) is 0 Å². The van der Waals surface area contributed by atoms with Gasteiger partial charge in [-0.1, -0.05) is 18.6 Å². The molecule has 2 aliphatic rings. The van der Waals surface area contributed by atoms with Crippen LogP contribution in [0.3, 0.4) is 0 Å². The number of nitrogens with one attached hydrogen (secondary N) is 2. The van der Waals surface area contributed by atoms with Crippen LogP contribution in [0.25, 0.3) is 0 Å². The summed E-state index contributed by atoms with van der Waals surface area (Å²) in [5.41, 5.74) is 2.61. The number of fused-ring (bicyclic) bond motifs is 1. The van der Waals surface area contributed by atoms with E-state index in [1.165, 1.54) is 19.3 Å². The topological polar surface area (TPSA) is 78.5 Å². The standard InChI is InChI=1S/C16H23N3O3S/c1-23(21,22)18-15-7-3-6-13-11-19(9-8-14(13)15)16(20)17-10-12-4-2-5-12/h3,6-7,12,18H,2,4-5,8-11H2,1H3,(H,17,20). The van der Waals surface area contributed by atoms with Crippen molar-refractivity contribution in [3.05, 3.63) is 29.3 Å². The Morgan fingerprint density at radius 3 is 2.78 bits per heavy atom. The number of carbonyl (C=O) groups excluding carboxylic acids is 1. The summed E-state index contributed by atoms with van der Waals surface area (Å²) in [5, 5.41) is 3.01. The number of nitrogens with zero attached hydrogens (tertiary/aromatic N) is 1. The summed E-state index contributed by atoms with van der Waals surface area (Å²) in [6.45, 7) is 1.88. The first-order chi connectivity index (χ1) is 10.9. The molecule has 0 bridgehead atoms. The molecule has 0 aromatic heterocycles. The predicted octanol–water partition coefficient (Wildman–Crippen LogP) is 1.93. The summed E-state index contributed by atoms with van der Waals surface area (Å²) in [5.74, 6) is 0.640. The first-order valence-corrected chi connectivity index (χ1v) is 9.93. The van der Waals surface area contributed by atoms with Crippen molar-refractivity contribution in [2.75, 3.05) is 24.1 Å². The molecule has 1 saturated carbocycles. The molecule has 2 N–H and O–H groups in total. The number of hydrogen-bond acceptors (Lipinski definition) is 3. The second kappa shape index (κ2) is 6.39. The molecule has 0 unspecified atom stereocenters. The number of anilines is 1.